The van der Waals surface area contributed by atoms with Crippen molar-refractivity contribution in [2.24, 2.45) is 5.92 Å². The monoisotopic (exact) mass is 310 g/mol. The molecule has 1 aromatic carbocycles. The van der Waals surface area contributed by atoms with Gasteiger partial charge in [0.1, 0.15) is 12.6 Å². The van der Waals surface area contributed by atoms with Gasteiger partial charge in [-0.25, -0.2) is 0 Å². The molecule has 1 aliphatic carbocycles. The first-order chi connectivity index (χ1) is 11.3. The number of hydrogen-bond donors (Lipinski definition) is 1. The van der Waals surface area contributed by atoms with Crippen LogP contribution in [0.25, 0.3) is 0 Å². The van der Waals surface area contributed by atoms with Gasteiger partial charge in [0.15, 0.2) is 5.82 Å². The van der Waals surface area contributed by atoms with E-state index in [-0.39, 0.29) is 0 Å². The molecule has 0 amide bonds. The summed E-state index contributed by atoms with van der Waals surface area (Å²) in [5, 5.41) is 18.7. The van der Waals surface area contributed by atoms with E-state index in [1.54, 1.807) is 10.9 Å². The highest BCUT2D eigenvalue weighted by atomic mass is 16.5. The van der Waals surface area contributed by atoms with E-state index in [2.05, 4.69) is 15.2 Å². The fraction of sp³-hybridized carbons (Fsp3) is 0.353. The van der Waals surface area contributed by atoms with Crippen LogP contribution >= 0.6 is 0 Å². The van der Waals surface area contributed by atoms with Crippen molar-refractivity contribution in [3.05, 3.63) is 65.6 Å². The molecule has 0 aliphatic heterocycles. The summed E-state index contributed by atoms with van der Waals surface area (Å²) in [6.45, 7) is 0.416. The molecule has 1 saturated carbocycles. The zero-order valence-corrected chi connectivity index (χ0v) is 12.7. The summed E-state index contributed by atoms with van der Waals surface area (Å²) in [6, 6.07) is 9.52. The predicted octanol–water partition coefficient (Wildman–Crippen LogP) is 2.35. The minimum atomic E-state index is -0.682. The third kappa shape index (κ3) is 3.32. The Hall–Kier alpha value is -2.47. The van der Waals surface area contributed by atoms with Crippen molar-refractivity contribution in [1.29, 1.82) is 0 Å². The van der Waals surface area contributed by atoms with Crippen LogP contribution in [0.5, 0.6) is 0 Å². The van der Waals surface area contributed by atoms with Crippen LogP contribution in [0.2, 0.25) is 0 Å². The van der Waals surface area contributed by atoms with Crippen LogP contribution in [0.3, 0.4) is 0 Å². The average molecular weight is 310 g/mol. The lowest BCUT2D eigenvalue weighted by Crippen LogP contribution is -2.01. The molecule has 23 heavy (non-hydrogen) atoms. The highest BCUT2D eigenvalue weighted by molar-refractivity contribution is 5.26. The van der Waals surface area contributed by atoms with Crippen LogP contribution in [0.4, 0.5) is 0 Å². The molecular weight excluding hydrogens is 292 g/mol. The van der Waals surface area contributed by atoms with E-state index in [4.69, 9.17) is 4.52 Å². The van der Waals surface area contributed by atoms with Crippen molar-refractivity contribution in [2.75, 3.05) is 0 Å². The minimum absolute atomic E-state index is 0.416. The number of hydrogen-bond acceptors (Lipinski definition) is 5. The van der Waals surface area contributed by atoms with Gasteiger partial charge in [-0.3, -0.25) is 4.68 Å². The van der Waals surface area contributed by atoms with E-state index in [1.165, 1.54) is 12.8 Å². The van der Waals surface area contributed by atoms with Gasteiger partial charge < -0.3 is 9.63 Å². The first kappa shape index (κ1) is 14.1. The van der Waals surface area contributed by atoms with Crippen LogP contribution in [0.15, 0.2) is 47.2 Å². The van der Waals surface area contributed by atoms with Crippen LogP contribution in [-0.4, -0.2) is 25.0 Å². The number of aromatic nitrogens is 4. The van der Waals surface area contributed by atoms with Gasteiger partial charge in [-0.1, -0.05) is 35.5 Å². The SMILES string of the molecule is OC(c1ccccc1)c1cnn(Cc2nc(CC3CC3)no2)c1. The largest absolute Gasteiger partial charge is 0.384 e. The molecule has 1 atom stereocenters. The normalized spacial score (nSPS) is 15.7. The zero-order chi connectivity index (χ0) is 15.6. The van der Waals surface area contributed by atoms with Gasteiger partial charge in [-0.05, 0) is 24.3 Å². The number of benzene rings is 1. The van der Waals surface area contributed by atoms with Gasteiger partial charge in [0, 0.05) is 18.2 Å². The van der Waals surface area contributed by atoms with Gasteiger partial charge in [-0.2, -0.15) is 10.1 Å². The third-order valence-electron chi connectivity index (χ3n) is 4.06. The zero-order valence-electron chi connectivity index (χ0n) is 12.7. The number of aliphatic hydroxyl groups is 1. The fourth-order valence-corrected chi connectivity index (χ4v) is 2.59. The molecule has 1 aliphatic rings. The molecule has 3 aromatic rings. The molecule has 2 aromatic heterocycles. The third-order valence-corrected chi connectivity index (χ3v) is 4.06. The van der Waals surface area contributed by atoms with Gasteiger partial charge in [0.2, 0.25) is 5.89 Å². The summed E-state index contributed by atoms with van der Waals surface area (Å²) in [7, 11) is 0. The molecule has 1 unspecified atom stereocenters. The maximum atomic E-state index is 10.4. The van der Waals surface area contributed by atoms with Gasteiger partial charge >= 0.3 is 0 Å². The summed E-state index contributed by atoms with van der Waals surface area (Å²) in [5.41, 5.74) is 1.59. The Labute approximate surface area is 133 Å². The number of nitrogens with zero attached hydrogens (tertiary/aromatic N) is 4. The second-order valence-corrected chi connectivity index (χ2v) is 6.04. The minimum Gasteiger partial charge on any atom is -0.384 e. The number of aliphatic hydroxyl groups excluding tert-OH is 1. The van der Waals surface area contributed by atoms with Crippen molar-refractivity contribution >= 4 is 0 Å². The van der Waals surface area contributed by atoms with E-state index in [1.807, 2.05) is 36.5 Å². The van der Waals surface area contributed by atoms with Gasteiger partial charge in [0.05, 0.1) is 6.20 Å². The quantitative estimate of drug-likeness (QED) is 0.756. The molecule has 0 radical (unpaired) electrons. The molecule has 2 heterocycles. The molecule has 0 saturated heterocycles. The molecule has 0 spiro atoms. The summed E-state index contributed by atoms with van der Waals surface area (Å²) in [6.07, 6.45) is 6.23. The highest BCUT2D eigenvalue weighted by Gasteiger charge is 2.24. The Morgan fingerprint density at radius 3 is 2.83 bits per heavy atom. The van der Waals surface area contributed by atoms with Crippen molar-refractivity contribution in [1.82, 2.24) is 19.9 Å². The van der Waals surface area contributed by atoms with E-state index in [0.717, 1.165) is 29.3 Å². The van der Waals surface area contributed by atoms with Crippen LogP contribution in [0.1, 0.15) is 41.8 Å². The Bertz CT molecular complexity index is 777. The predicted molar refractivity (Wildman–Crippen MR) is 82.6 cm³/mol. The molecule has 4 rings (SSSR count). The number of rotatable bonds is 6. The standard InChI is InChI=1S/C17H18N4O2/c22-17(13-4-2-1-3-5-13)14-9-18-21(10-14)11-16-19-15(20-23-16)8-12-6-7-12/h1-5,9-10,12,17,22H,6-8,11H2. The van der Waals surface area contributed by atoms with Crippen LogP contribution in [0, 0.1) is 5.92 Å². The Balaban J connectivity index is 1.44. The second-order valence-electron chi connectivity index (χ2n) is 6.04. The van der Waals surface area contributed by atoms with Crippen molar-refractivity contribution in [3.63, 3.8) is 0 Å². The summed E-state index contributed by atoms with van der Waals surface area (Å²) in [4.78, 5) is 4.40. The summed E-state index contributed by atoms with van der Waals surface area (Å²) < 4.78 is 6.97. The average Bonchev–Trinajstić information content (AvgIpc) is 3.08. The lowest BCUT2D eigenvalue weighted by molar-refractivity contribution is 0.220. The maximum Gasteiger partial charge on any atom is 0.248 e. The van der Waals surface area contributed by atoms with Crippen LogP contribution in [-0.2, 0) is 13.0 Å². The lowest BCUT2D eigenvalue weighted by atomic mass is 10.1. The lowest BCUT2D eigenvalue weighted by Gasteiger charge is -2.07. The van der Waals surface area contributed by atoms with E-state index in [9.17, 15) is 5.11 Å². The summed E-state index contributed by atoms with van der Waals surface area (Å²) in [5.74, 6) is 2.06. The Kier molecular flexibility index (Phi) is 3.67. The molecule has 6 heteroatoms. The van der Waals surface area contributed by atoms with Gasteiger partial charge in [-0.15, -0.1) is 0 Å². The van der Waals surface area contributed by atoms with Crippen molar-refractivity contribution in [2.45, 2.75) is 31.9 Å². The molecular formula is C17H18N4O2. The molecule has 6 nitrogen and oxygen atoms in total. The Morgan fingerprint density at radius 2 is 2.04 bits per heavy atom. The molecule has 1 fully saturated rings. The Morgan fingerprint density at radius 1 is 1.22 bits per heavy atom. The highest BCUT2D eigenvalue weighted by Crippen LogP contribution is 2.31. The molecule has 0 bridgehead atoms. The summed E-state index contributed by atoms with van der Waals surface area (Å²) >= 11 is 0. The first-order valence-corrected chi connectivity index (χ1v) is 7.85. The van der Waals surface area contributed by atoms with E-state index < -0.39 is 6.10 Å². The van der Waals surface area contributed by atoms with Crippen molar-refractivity contribution < 1.29 is 9.63 Å². The maximum absolute atomic E-state index is 10.4. The fourth-order valence-electron chi connectivity index (χ4n) is 2.59. The van der Waals surface area contributed by atoms with Gasteiger partial charge in [0.25, 0.3) is 0 Å². The van der Waals surface area contributed by atoms with E-state index in [0.29, 0.717) is 12.4 Å². The van der Waals surface area contributed by atoms with Crippen LogP contribution < -0.4 is 0 Å². The topological polar surface area (TPSA) is 77.0 Å². The molecule has 1 N–H and O–H groups in total. The second kappa shape index (κ2) is 5.96. The van der Waals surface area contributed by atoms with Crippen molar-refractivity contribution in [3.8, 4) is 0 Å². The smallest absolute Gasteiger partial charge is 0.248 e. The first-order valence-electron chi connectivity index (χ1n) is 7.85. The van der Waals surface area contributed by atoms with E-state index >= 15 is 0 Å². The molecule has 118 valence electrons.